The topological polar surface area (TPSA) is 55.6 Å². The fourth-order valence-electron chi connectivity index (χ4n) is 2.18. The molecule has 1 aliphatic rings. The Labute approximate surface area is 104 Å². The standard InChI is InChI=1S/C13H26N2O2/c1-2-3-9-15(10-8-14)13(16)7-6-12-5-4-11-17-12/h12H,2-11,14H2,1H3. The molecule has 2 N–H and O–H groups in total. The van der Waals surface area contributed by atoms with Gasteiger partial charge in [-0.15, -0.1) is 0 Å². The van der Waals surface area contributed by atoms with Crippen molar-refractivity contribution in [2.75, 3.05) is 26.2 Å². The van der Waals surface area contributed by atoms with E-state index in [4.69, 9.17) is 10.5 Å². The molecular formula is C13H26N2O2. The molecule has 0 bridgehead atoms. The van der Waals surface area contributed by atoms with Gasteiger partial charge in [-0.05, 0) is 25.7 Å². The maximum atomic E-state index is 12.0. The number of carbonyl (C=O) groups excluding carboxylic acids is 1. The molecule has 4 heteroatoms. The molecule has 1 saturated heterocycles. The van der Waals surface area contributed by atoms with Crippen LogP contribution >= 0.6 is 0 Å². The second kappa shape index (κ2) is 8.48. The molecule has 100 valence electrons. The van der Waals surface area contributed by atoms with Gasteiger partial charge in [0.05, 0.1) is 6.10 Å². The second-order valence-corrected chi connectivity index (χ2v) is 4.70. The summed E-state index contributed by atoms with van der Waals surface area (Å²) in [5.41, 5.74) is 5.54. The summed E-state index contributed by atoms with van der Waals surface area (Å²) in [6.07, 6.45) is 6.21. The Bertz CT molecular complexity index is 215. The van der Waals surface area contributed by atoms with Crippen molar-refractivity contribution in [3.05, 3.63) is 0 Å². The van der Waals surface area contributed by atoms with Crippen LogP contribution < -0.4 is 5.73 Å². The summed E-state index contributed by atoms with van der Waals surface area (Å²) in [6, 6.07) is 0. The van der Waals surface area contributed by atoms with Gasteiger partial charge in [-0.3, -0.25) is 4.79 Å². The molecular weight excluding hydrogens is 216 g/mol. The number of unbranched alkanes of at least 4 members (excludes halogenated alkanes) is 1. The first-order valence-electron chi connectivity index (χ1n) is 6.87. The SMILES string of the molecule is CCCCN(CCN)C(=O)CCC1CCCO1. The molecule has 1 aliphatic heterocycles. The average Bonchev–Trinajstić information content (AvgIpc) is 2.84. The van der Waals surface area contributed by atoms with Gasteiger partial charge in [0, 0.05) is 32.7 Å². The third-order valence-corrected chi connectivity index (χ3v) is 3.24. The molecule has 0 spiro atoms. The number of rotatable bonds is 8. The summed E-state index contributed by atoms with van der Waals surface area (Å²) in [4.78, 5) is 13.9. The summed E-state index contributed by atoms with van der Waals surface area (Å²) in [5, 5.41) is 0. The number of hydrogen-bond acceptors (Lipinski definition) is 3. The number of amides is 1. The summed E-state index contributed by atoms with van der Waals surface area (Å²) in [6.45, 7) is 5.08. The zero-order valence-corrected chi connectivity index (χ0v) is 11.0. The van der Waals surface area contributed by atoms with Crippen molar-refractivity contribution >= 4 is 5.91 Å². The van der Waals surface area contributed by atoms with Crippen molar-refractivity contribution < 1.29 is 9.53 Å². The Morgan fingerprint density at radius 3 is 2.88 bits per heavy atom. The summed E-state index contributed by atoms with van der Waals surface area (Å²) in [5.74, 6) is 0.236. The van der Waals surface area contributed by atoms with Crippen LogP contribution in [-0.2, 0) is 9.53 Å². The van der Waals surface area contributed by atoms with Crippen molar-refractivity contribution in [1.82, 2.24) is 4.90 Å². The molecule has 4 nitrogen and oxygen atoms in total. The van der Waals surface area contributed by atoms with Crippen molar-refractivity contribution in [2.24, 2.45) is 5.73 Å². The maximum absolute atomic E-state index is 12.0. The Hall–Kier alpha value is -0.610. The van der Waals surface area contributed by atoms with Gasteiger partial charge in [-0.25, -0.2) is 0 Å². The highest BCUT2D eigenvalue weighted by Gasteiger charge is 2.18. The molecule has 0 saturated carbocycles. The number of ether oxygens (including phenoxy) is 1. The predicted octanol–water partition coefficient (Wildman–Crippen LogP) is 1.53. The van der Waals surface area contributed by atoms with Gasteiger partial charge in [0.15, 0.2) is 0 Å². The quantitative estimate of drug-likeness (QED) is 0.702. The van der Waals surface area contributed by atoms with Gasteiger partial charge in [-0.1, -0.05) is 13.3 Å². The molecule has 17 heavy (non-hydrogen) atoms. The minimum atomic E-state index is 0.236. The van der Waals surface area contributed by atoms with E-state index in [1.54, 1.807) is 0 Å². The van der Waals surface area contributed by atoms with E-state index in [1.807, 2.05) is 4.90 Å². The van der Waals surface area contributed by atoms with E-state index in [-0.39, 0.29) is 5.91 Å². The van der Waals surface area contributed by atoms with Gasteiger partial charge in [0.1, 0.15) is 0 Å². The minimum Gasteiger partial charge on any atom is -0.378 e. The lowest BCUT2D eigenvalue weighted by Gasteiger charge is -2.22. The highest BCUT2D eigenvalue weighted by Crippen LogP contribution is 2.17. The van der Waals surface area contributed by atoms with Crippen LogP contribution in [0.5, 0.6) is 0 Å². The van der Waals surface area contributed by atoms with E-state index in [0.717, 1.165) is 45.3 Å². The third-order valence-electron chi connectivity index (χ3n) is 3.24. The van der Waals surface area contributed by atoms with E-state index in [1.165, 1.54) is 0 Å². The minimum absolute atomic E-state index is 0.236. The summed E-state index contributed by atoms with van der Waals surface area (Å²) < 4.78 is 5.53. The molecule has 1 rings (SSSR count). The lowest BCUT2D eigenvalue weighted by Crippen LogP contribution is -2.36. The highest BCUT2D eigenvalue weighted by molar-refractivity contribution is 5.76. The number of nitrogens with zero attached hydrogens (tertiary/aromatic N) is 1. The van der Waals surface area contributed by atoms with E-state index in [2.05, 4.69) is 6.92 Å². The molecule has 0 aromatic rings. The van der Waals surface area contributed by atoms with Crippen LogP contribution in [0.25, 0.3) is 0 Å². The van der Waals surface area contributed by atoms with Crippen LogP contribution in [0.3, 0.4) is 0 Å². The summed E-state index contributed by atoms with van der Waals surface area (Å²) in [7, 11) is 0. The molecule has 1 fully saturated rings. The van der Waals surface area contributed by atoms with E-state index in [9.17, 15) is 4.79 Å². The smallest absolute Gasteiger partial charge is 0.222 e. The fraction of sp³-hybridized carbons (Fsp3) is 0.923. The average molecular weight is 242 g/mol. The second-order valence-electron chi connectivity index (χ2n) is 4.70. The van der Waals surface area contributed by atoms with Gasteiger partial charge < -0.3 is 15.4 Å². The van der Waals surface area contributed by atoms with Gasteiger partial charge in [0.2, 0.25) is 5.91 Å². The van der Waals surface area contributed by atoms with Gasteiger partial charge in [0.25, 0.3) is 0 Å². The molecule has 1 unspecified atom stereocenters. The van der Waals surface area contributed by atoms with E-state index < -0.39 is 0 Å². The number of hydrogen-bond donors (Lipinski definition) is 1. The molecule has 1 atom stereocenters. The van der Waals surface area contributed by atoms with Gasteiger partial charge in [-0.2, -0.15) is 0 Å². The predicted molar refractivity (Wildman–Crippen MR) is 68.8 cm³/mol. The van der Waals surface area contributed by atoms with Crippen molar-refractivity contribution in [3.63, 3.8) is 0 Å². The Kier molecular flexibility index (Phi) is 7.21. The van der Waals surface area contributed by atoms with Crippen LogP contribution in [-0.4, -0.2) is 43.2 Å². The van der Waals surface area contributed by atoms with Crippen molar-refractivity contribution in [1.29, 1.82) is 0 Å². The number of carbonyl (C=O) groups is 1. The molecule has 0 aromatic carbocycles. The Morgan fingerprint density at radius 1 is 1.47 bits per heavy atom. The van der Waals surface area contributed by atoms with Crippen LogP contribution in [0.1, 0.15) is 45.4 Å². The Balaban J connectivity index is 2.24. The monoisotopic (exact) mass is 242 g/mol. The first-order chi connectivity index (χ1) is 8.27. The lowest BCUT2D eigenvalue weighted by molar-refractivity contribution is -0.131. The van der Waals surface area contributed by atoms with Crippen LogP contribution in [0, 0.1) is 0 Å². The van der Waals surface area contributed by atoms with E-state index >= 15 is 0 Å². The van der Waals surface area contributed by atoms with Crippen LogP contribution in [0.2, 0.25) is 0 Å². The van der Waals surface area contributed by atoms with Gasteiger partial charge >= 0.3 is 0 Å². The van der Waals surface area contributed by atoms with Crippen LogP contribution in [0.4, 0.5) is 0 Å². The molecule has 0 aliphatic carbocycles. The van der Waals surface area contributed by atoms with E-state index in [0.29, 0.717) is 25.6 Å². The zero-order valence-electron chi connectivity index (χ0n) is 11.0. The largest absolute Gasteiger partial charge is 0.378 e. The van der Waals surface area contributed by atoms with Crippen molar-refractivity contribution in [3.8, 4) is 0 Å². The molecule has 1 heterocycles. The van der Waals surface area contributed by atoms with Crippen LogP contribution in [0.15, 0.2) is 0 Å². The zero-order chi connectivity index (χ0) is 12.5. The van der Waals surface area contributed by atoms with Crippen molar-refractivity contribution in [2.45, 2.75) is 51.6 Å². The Morgan fingerprint density at radius 2 is 2.29 bits per heavy atom. The molecule has 1 amide bonds. The summed E-state index contributed by atoms with van der Waals surface area (Å²) >= 11 is 0. The molecule has 0 aromatic heterocycles. The third kappa shape index (κ3) is 5.50. The molecule has 0 radical (unpaired) electrons. The first kappa shape index (κ1) is 14.5. The highest BCUT2D eigenvalue weighted by atomic mass is 16.5. The number of nitrogens with two attached hydrogens (primary N) is 1. The normalized spacial score (nSPS) is 19.5. The lowest BCUT2D eigenvalue weighted by atomic mass is 10.1. The fourth-order valence-corrected chi connectivity index (χ4v) is 2.18. The first-order valence-corrected chi connectivity index (χ1v) is 6.87. The maximum Gasteiger partial charge on any atom is 0.222 e.